The number of rotatable bonds is 1. The van der Waals surface area contributed by atoms with Crippen LogP contribution in [-0.4, -0.2) is 25.3 Å². The van der Waals surface area contributed by atoms with E-state index in [1.807, 2.05) is 17.6 Å². The maximum Gasteiger partial charge on any atom is 0.165 e. The smallest absolute Gasteiger partial charge is 0.165 e. The molecule has 0 aromatic carbocycles. The Morgan fingerprint density at radius 2 is 2.24 bits per heavy atom. The third-order valence-electron chi connectivity index (χ3n) is 2.95. The van der Waals surface area contributed by atoms with Crippen LogP contribution in [0, 0.1) is 0 Å². The van der Waals surface area contributed by atoms with Crippen LogP contribution in [0.4, 0.5) is 0 Å². The SMILES string of the molecule is CC1=CC(n2cnc3c(Cl)ncnc32)CC1=O. The molecule has 1 atom stereocenters. The minimum atomic E-state index is -0.0153. The Bertz CT molecular complexity index is 646. The number of fused-ring (bicyclic) bond motifs is 1. The molecule has 0 spiro atoms. The first-order valence-corrected chi connectivity index (χ1v) is 5.59. The topological polar surface area (TPSA) is 60.7 Å². The van der Waals surface area contributed by atoms with Gasteiger partial charge in [-0.2, -0.15) is 0 Å². The van der Waals surface area contributed by atoms with E-state index in [-0.39, 0.29) is 11.8 Å². The summed E-state index contributed by atoms with van der Waals surface area (Å²) >= 11 is 5.93. The lowest BCUT2D eigenvalue weighted by molar-refractivity contribution is -0.115. The minimum Gasteiger partial charge on any atom is -0.308 e. The molecule has 0 amide bonds. The van der Waals surface area contributed by atoms with Crippen LogP contribution in [0.5, 0.6) is 0 Å². The number of Topliss-reactive ketones (excluding diaryl/α,β-unsaturated/α-hetero) is 1. The van der Waals surface area contributed by atoms with Crippen molar-refractivity contribution in [1.29, 1.82) is 0 Å². The molecular formula is C11H9ClN4O. The average molecular weight is 249 g/mol. The molecule has 0 saturated carbocycles. The summed E-state index contributed by atoms with van der Waals surface area (Å²) in [5, 5.41) is 0.332. The summed E-state index contributed by atoms with van der Waals surface area (Å²) < 4.78 is 1.86. The van der Waals surface area contributed by atoms with E-state index in [0.717, 1.165) is 5.57 Å². The zero-order valence-electron chi connectivity index (χ0n) is 9.09. The van der Waals surface area contributed by atoms with Gasteiger partial charge in [0.25, 0.3) is 0 Å². The summed E-state index contributed by atoms with van der Waals surface area (Å²) in [6, 6.07) is -0.0153. The van der Waals surface area contributed by atoms with Crippen LogP contribution in [0.3, 0.4) is 0 Å². The Hall–Kier alpha value is -1.75. The van der Waals surface area contributed by atoms with Crippen LogP contribution < -0.4 is 0 Å². The van der Waals surface area contributed by atoms with Gasteiger partial charge in [0.05, 0.1) is 12.4 Å². The number of allylic oxidation sites excluding steroid dienone is 2. The summed E-state index contributed by atoms with van der Waals surface area (Å²) in [4.78, 5) is 23.7. The highest BCUT2D eigenvalue weighted by atomic mass is 35.5. The zero-order valence-corrected chi connectivity index (χ0v) is 9.85. The van der Waals surface area contributed by atoms with Crippen LogP contribution in [-0.2, 0) is 4.79 Å². The zero-order chi connectivity index (χ0) is 12.0. The van der Waals surface area contributed by atoms with Crippen LogP contribution in [0.25, 0.3) is 11.2 Å². The van der Waals surface area contributed by atoms with Crippen molar-refractivity contribution in [2.24, 2.45) is 0 Å². The van der Waals surface area contributed by atoms with Gasteiger partial charge in [0.15, 0.2) is 16.6 Å². The van der Waals surface area contributed by atoms with Gasteiger partial charge < -0.3 is 4.57 Å². The molecule has 0 bridgehead atoms. The van der Waals surface area contributed by atoms with Crippen LogP contribution in [0.1, 0.15) is 19.4 Å². The number of aromatic nitrogens is 4. The van der Waals surface area contributed by atoms with Crippen molar-refractivity contribution in [3.8, 4) is 0 Å². The van der Waals surface area contributed by atoms with Gasteiger partial charge in [0, 0.05) is 6.42 Å². The van der Waals surface area contributed by atoms with Crippen molar-refractivity contribution in [2.45, 2.75) is 19.4 Å². The minimum absolute atomic E-state index is 0.0153. The standard InChI is InChI=1S/C11H9ClN4O/c1-6-2-7(3-8(6)17)16-5-15-9-10(12)13-4-14-11(9)16/h2,4-5,7H,3H2,1H3. The predicted octanol–water partition coefficient (Wildman–Crippen LogP) is 1.94. The van der Waals surface area contributed by atoms with Crippen LogP contribution in [0.15, 0.2) is 24.3 Å². The highest BCUT2D eigenvalue weighted by molar-refractivity contribution is 6.33. The maximum atomic E-state index is 11.5. The van der Waals surface area contributed by atoms with Gasteiger partial charge in [-0.25, -0.2) is 15.0 Å². The number of hydrogen-bond donors (Lipinski definition) is 0. The van der Waals surface area contributed by atoms with E-state index >= 15 is 0 Å². The third-order valence-corrected chi connectivity index (χ3v) is 3.22. The van der Waals surface area contributed by atoms with Gasteiger partial charge in [-0.3, -0.25) is 4.79 Å². The summed E-state index contributed by atoms with van der Waals surface area (Å²) in [5.74, 6) is 0.164. The van der Waals surface area contributed by atoms with Crippen molar-refractivity contribution >= 4 is 28.5 Å². The van der Waals surface area contributed by atoms with E-state index in [1.165, 1.54) is 6.33 Å². The molecule has 1 unspecified atom stereocenters. The molecule has 1 aliphatic rings. The third kappa shape index (κ3) is 1.54. The summed E-state index contributed by atoms with van der Waals surface area (Å²) in [5.41, 5.74) is 2.02. The van der Waals surface area contributed by atoms with Crippen molar-refractivity contribution in [3.63, 3.8) is 0 Å². The summed E-state index contributed by atoms with van der Waals surface area (Å²) in [7, 11) is 0. The first-order chi connectivity index (χ1) is 8.16. The molecule has 0 N–H and O–H groups in total. The largest absolute Gasteiger partial charge is 0.308 e. The number of halogens is 1. The Labute approximate surface area is 102 Å². The number of carbonyl (C=O) groups is 1. The molecule has 0 fully saturated rings. The average Bonchev–Trinajstić information content (AvgIpc) is 2.85. The Kier molecular flexibility index (Phi) is 2.22. The van der Waals surface area contributed by atoms with Crippen molar-refractivity contribution in [2.75, 3.05) is 0 Å². The van der Waals surface area contributed by atoms with E-state index in [2.05, 4.69) is 15.0 Å². The van der Waals surface area contributed by atoms with E-state index in [1.54, 1.807) is 6.33 Å². The van der Waals surface area contributed by atoms with Gasteiger partial charge in [0.1, 0.15) is 11.8 Å². The molecule has 5 nitrogen and oxygen atoms in total. The van der Waals surface area contributed by atoms with Crippen molar-refractivity contribution < 1.29 is 4.79 Å². The normalized spacial score (nSPS) is 20.0. The fourth-order valence-electron chi connectivity index (χ4n) is 2.04. The molecule has 17 heavy (non-hydrogen) atoms. The Morgan fingerprint density at radius 1 is 1.41 bits per heavy atom. The first kappa shape index (κ1) is 10.4. The van der Waals surface area contributed by atoms with Crippen LogP contribution >= 0.6 is 11.6 Å². The van der Waals surface area contributed by atoms with Crippen LogP contribution in [0.2, 0.25) is 5.15 Å². The molecule has 0 aliphatic heterocycles. The monoisotopic (exact) mass is 248 g/mol. The maximum absolute atomic E-state index is 11.5. The lowest BCUT2D eigenvalue weighted by atomic mass is 10.2. The van der Waals surface area contributed by atoms with E-state index in [9.17, 15) is 4.79 Å². The van der Waals surface area contributed by atoms with Gasteiger partial charge in [-0.1, -0.05) is 17.7 Å². The molecule has 0 saturated heterocycles. The van der Waals surface area contributed by atoms with E-state index in [4.69, 9.17) is 11.6 Å². The lowest BCUT2D eigenvalue weighted by Crippen LogP contribution is -2.05. The quantitative estimate of drug-likeness (QED) is 0.724. The molecular weight excluding hydrogens is 240 g/mol. The molecule has 2 aromatic heterocycles. The first-order valence-electron chi connectivity index (χ1n) is 5.21. The second-order valence-corrected chi connectivity index (χ2v) is 4.39. The summed E-state index contributed by atoms with van der Waals surface area (Å²) in [6.07, 6.45) is 5.44. The highest BCUT2D eigenvalue weighted by Gasteiger charge is 2.24. The molecule has 6 heteroatoms. The molecule has 1 aliphatic carbocycles. The number of hydrogen-bond acceptors (Lipinski definition) is 4. The molecule has 0 radical (unpaired) electrons. The fraction of sp³-hybridized carbons (Fsp3) is 0.273. The number of imidazole rings is 1. The highest BCUT2D eigenvalue weighted by Crippen LogP contribution is 2.28. The molecule has 2 heterocycles. The summed E-state index contributed by atoms with van der Waals surface area (Å²) in [6.45, 7) is 1.82. The van der Waals surface area contributed by atoms with Gasteiger partial charge in [0.2, 0.25) is 0 Å². The molecule has 3 rings (SSSR count). The van der Waals surface area contributed by atoms with Gasteiger partial charge >= 0.3 is 0 Å². The Morgan fingerprint density at radius 3 is 2.94 bits per heavy atom. The van der Waals surface area contributed by atoms with E-state index in [0.29, 0.717) is 22.7 Å². The van der Waals surface area contributed by atoms with Crippen molar-refractivity contribution in [3.05, 3.63) is 29.5 Å². The number of nitrogens with zero attached hydrogens (tertiary/aromatic N) is 4. The fourth-order valence-corrected chi connectivity index (χ4v) is 2.21. The second-order valence-electron chi connectivity index (χ2n) is 4.03. The Balaban J connectivity index is 2.14. The molecule has 86 valence electrons. The lowest BCUT2D eigenvalue weighted by Gasteiger charge is -2.08. The van der Waals surface area contributed by atoms with Crippen molar-refractivity contribution in [1.82, 2.24) is 19.5 Å². The van der Waals surface area contributed by atoms with Gasteiger partial charge in [-0.15, -0.1) is 0 Å². The second kappa shape index (κ2) is 3.63. The number of carbonyl (C=O) groups excluding carboxylic acids is 1. The predicted molar refractivity (Wildman–Crippen MR) is 62.8 cm³/mol. The number of ketones is 1. The van der Waals surface area contributed by atoms with E-state index < -0.39 is 0 Å². The molecule has 2 aromatic rings. The van der Waals surface area contributed by atoms with Gasteiger partial charge in [-0.05, 0) is 12.5 Å².